The van der Waals surface area contributed by atoms with E-state index in [9.17, 15) is 10.1 Å². The van der Waals surface area contributed by atoms with Gasteiger partial charge in [0.1, 0.15) is 5.69 Å². The highest BCUT2D eigenvalue weighted by atomic mass is 16.6. The highest BCUT2D eigenvalue weighted by molar-refractivity contribution is 6.03. The molecule has 0 atom stereocenters. The third kappa shape index (κ3) is 2.65. The van der Waals surface area contributed by atoms with Gasteiger partial charge in [-0.1, -0.05) is 18.2 Å². The molecule has 0 amide bonds. The normalized spacial score (nSPS) is 32.1. The number of guanidine groups is 1. The molecule has 0 unspecified atom stereocenters. The maximum atomic E-state index is 11.8. The summed E-state index contributed by atoms with van der Waals surface area (Å²) in [5.41, 5.74) is 9.24. The molecule has 29 heavy (non-hydrogen) atoms. The molecule has 4 bridgehead atoms. The third-order valence-electron chi connectivity index (χ3n) is 7.79. The molecule has 5 aliphatic carbocycles. The molecule has 0 heterocycles. The Balaban J connectivity index is 1.40. The second-order valence-corrected chi connectivity index (χ2v) is 9.79. The number of hydrogen-bond donors (Lipinski definition) is 2. The minimum Gasteiger partial charge on any atom is -0.370 e. The van der Waals surface area contributed by atoms with E-state index in [2.05, 4.69) is 11.4 Å². The van der Waals surface area contributed by atoms with Crippen molar-refractivity contribution in [3.63, 3.8) is 0 Å². The predicted molar refractivity (Wildman–Crippen MR) is 114 cm³/mol. The Morgan fingerprint density at radius 3 is 2.48 bits per heavy atom. The average Bonchev–Trinajstić information content (AvgIpc) is 3.08. The first-order valence-corrected chi connectivity index (χ1v) is 10.8. The molecule has 6 heteroatoms. The van der Waals surface area contributed by atoms with Crippen LogP contribution in [0.25, 0.3) is 10.8 Å². The van der Waals surface area contributed by atoms with Crippen LogP contribution >= 0.6 is 0 Å². The Morgan fingerprint density at radius 1 is 1.14 bits per heavy atom. The van der Waals surface area contributed by atoms with Gasteiger partial charge >= 0.3 is 0 Å². The number of nitrogens with two attached hydrogens (primary N) is 1. The van der Waals surface area contributed by atoms with Crippen LogP contribution in [0.2, 0.25) is 0 Å². The minimum absolute atomic E-state index is 0.0526. The van der Waals surface area contributed by atoms with E-state index in [1.807, 2.05) is 12.1 Å². The Hall–Kier alpha value is -2.63. The lowest BCUT2D eigenvalue weighted by molar-refractivity contribution is -0.383. The van der Waals surface area contributed by atoms with E-state index < -0.39 is 0 Å². The molecule has 2 aromatic carbocycles. The maximum Gasteiger partial charge on any atom is 0.293 e. The molecule has 0 spiro atoms. The van der Waals surface area contributed by atoms with Crippen molar-refractivity contribution < 1.29 is 4.92 Å². The van der Waals surface area contributed by atoms with E-state index >= 15 is 0 Å². The highest BCUT2D eigenvalue weighted by Gasteiger charge is 2.51. The molecule has 3 N–H and O–H groups in total. The number of aliphatic imine (C=N–C) groups is 1. The SMILES string of the molecule is NC(=NC12CC3CC(CC(C3)C1)C2)Nc1c([N+](=O)[O-])cc2cccc3c2c1CC3. The fraction of sp³-hybridized carbons (Fsp3) is 0.522. The molecule has 0 radical (unpaired) electrons. The minimum atomic E-state index is -0.304. The number of nitro groups is 1. The summed E-state index contributed by atoms with van der Waals surface area (Å²) in [6.45, 7) is 0. The molecule has 0 saturated heterocycles. The van der Waals surface area contributed by atoms with Gasteiger partial charge in [-0.05, 0) is 91.0 Å². The monoisotopic (exact) mass is 390 g/mol. The van der Waals surface area contributed by atoms with Gasteiger partial charge in [-0.2, -0.15) is 0 Å². The van der Waals surface area contributed by atoms with Crippen LogP contribution in [0.15, 0.2) is 29.3 Å². The van der Waals surface area contributed by atoms with Gasteiger partial charge in [-0.25, -0.2) is 4.99 Å². The summed E-state index contributed by atoms with van der Waals surface area (Å²) in [4.78, 5) is 16.5. The summed E-state index contributed by atoms with van der Waals surface area (Å²) in [7, 11) is 0. The molecule has 150 valence electrons. The molecule has 0 aromatic heterocycles. The smallest absolute Gasteiger partial charge is 0.293 e. The van der Waals surface area contributed by atoms with Crippen molar-refractivity contribution in [1.82, 2.24) is 0 Å². The largest absolute Gasteiger partial charge is 0.370 e. The fourth-order valence-corrected chi connectivity index (χ4v) is 7.22. The van der Waals surface area contributed by atoms with Crippen LogP contribution in [0.1, 0.15) is 49.7 Å². The number of benzene rings is 2. The standard InChI is InChI=1S/C23H26N4O2/c24-22(26-23-10-13-6-14(11-23)8-15(7-13)12-23)25-21-18-5-4-16-2-1-3-17(20(16)18)9-19(21)27(28)29/h1-3,9,13-15H,4-8,10-12H2,(H3,24,25,26). The number of nitro benzene ring substituents is 1. The summed E-state index contributed by atoms with van der Waals surface area (Å²) in [6.07, 6.45) is 9.13. The van der Waals surface area contributed by atoms with Crippen LogP contribution in [0, 0.1) is 27.9 Å². The first kappa shape index (κ1) is 17.2. The molecule has 5 aliphatic rings. The molecule has 7 rings (SSSR count). The first-order chi connectivity index (χ1) is 14.0. The predicted octanol–water partition coefficient (Wildman–Crippen LogP) is 4.54. The number of anilines is 1. The van der Waals surface area contributed by atoms with Gasteiger partial charge in [0.2, 0.25) is 0 Å². The summed E-state index contributed by atoms with van der Waals surface area (Å²) >= 11 is 0. The molecule has 6 nitrogen and oxygen atoms in total. The lowest BCUT2D eigenvalue weighted by Crippen LogP contribution is -2.50. The van der Waals surface area contributed by atoms with Gasteiger partial charge in [0.15, 0.2) is 5.96 Å². The van der Waals surface area contributed by atoms with E-state index in [1.54, 1.807) is 6.07 Å². The second kappa shape index (κ2) is 5.94. The van der Waals surface area contributed by atoms with Gasteiger partial charge in [0.05, 0.1) is 10.5 Å². The van der Waals surface area contributed by atoms with Gasteiger partial charge in [0, 0.05) is 6.07 Å². The van der Waals surface area contributed by atoms with E-state index in [4.69, 9.17) is 10.7 Å². The van der Waals surface area contributed by atoms with Gasteiger partial charge in [0.25, 0.3) is 5.69 Å². The summed E-state index contributed by atoms with van der Waals surface area (Å²) in [6, 6.07) is 7.72. The van der Waals surface area contributed by atoms with Crippen LogP contribution in [-0.4, -0.2) is 16.4 Å². The van der Waals surface area contributed by atoms with Crippen molar-refractivity contribution >= 4 is 28.1 Å². The van der Waals surface area contributed by atoms with Crippen LogP contribution in [0.4, 0.5) is 11.4 Å². The molecule has 0 aliphatic heterocycles. The molecule has 4 fully saturated rings. The quantitative estimate of drug-likeness (QED) is 0.348. The second-order valence-electron chi connectivity index (χ2n) is 9.79. The van der Waals surface area contributed by atoms with Gasteiger partial charge in [-0.15, -0.1) is 0 Å². The summed E-state index contributed by atoms with van der Waals surface area (Å²) in [5.74, 6) is 2.70. The summed E-state index contributed by atoms with van der Waals surface area (Å²) < 4.78 is 0. The zero-order valence-corrected chi connectivity index (χ0v) is 16.5. The van der Waals surface area contributed by atoms with Crippen LogP contribution in [-0.2, 0) is 12.8 Å². The fourth-order valence-electron chi connectivity index (χ4n) is 7.22. The van der Waals surface area contributed by atoms with Crippen molar-refractivity contribution in [3.8, 4) is 0 Å². The third-order valence-corrected chi connectivity index (χ3v) is 7.79. The number of aryl methyl sites for hydroxylation is 2. The lowest BCUT2D eigenvalue weighted by Gasteiger charge is -2.54. The number of nitrogens with zero attached hydrogens (tertiary/aromatic N) is 2. The lowest BCUT2D eigenvalue weighted by atomic mass is 9.53. The number of rotatable bonds is 3. The molecular weight excluding hydrogens is 364 g/mol. The van der Waals surface area contributed by atoms with Gasteiger partial charge in [-0.3, -0.25) is 10.1 Å². The zero-order chi connectivity index (χ0) is 19.8. The zero-order valence-electron chi connectivity index (χ0n) is 16.5. The Labute approximate surface area is 169 Å². The Kier molecular flexibility index (Phi) is 3.53. The summed E-state index contributed by atoms with van der Waals surface area (Å²) in [5, 5.41) is 17.1. The molecular formula is C23H26N4O2. The number of nitrogens with one attached hydrogen (secondary N) is 1. The number of hydrogen-bond acceptors (Lipinski definition) is 3. The van der Waals surface area contributed by atoms with Crippen molar-refractivity contribution in [3.05, 3.63) is 45.5 Å². The van der Waals surface area contributed by atoms with E-state index in [0.29, 0.717) is 11.6 Å². The van der Waals surface area contributed by atoms with Crippen LogP contribution < -0.4 is 11.1 Å². The first-order valence-electron chi connectivity index (χ1n) is 10.8. The van der Waals surface area contributed by atoms with Crippen LogP contribution in [0.5, 0.6) is 0 Å². The van der Waals surface area contributed by atoms with Crippen LogP contribution in [0.3, 0.4) is 0 Å². The molecule has 4 saturated carbocycles. The van der Waals surface area contributed by atoms with Crippen molar-refractivity contribution in [2.75, 3.05) is 5.32 Å². The average molecular weight is 390 g/mol. The maximum absolute atomic E-state index is 11.8. The van der Waals surface area contributed by atoms with Crippen molar-refractivity contribution in [2.45, 2.75) is 56.9 Å². The van der Waals surface area contributed by atoms with E-state index in [0.717, 1.165) is 66.2 Å². The van der Waals surface area contributed by atoms with E-state index in [1.165, 1.54) is 24.8 Å². The topological polar surface area (TPSA) is 93.5 Å². The van der Waals surface area contributed by atoms with Crippen molar-refractivity contribution in [1.29, 1.82) is 0 Å². The van der Waals surface area contributed by atoms with Crippen molar-refractivity contribution in [2.24, 2.45) is 28.5 Å². The van der Waals surface area contributed by atoms with E-state index in [-0.39, 0.29) is 16.1 Å². The Bertz CT molecular complexity index is 1040. The van der Waals surface area contributed by atoms with Gasteiger partial charge < -0.3 is 11.1 Å². The highest BCUT2D eigenvalue weighted by Crippen LogP contribution is 2.57. The Morgan fingerprint density at radius 2 is 1.83 bits per heavy atom. The molecule has 2 aromatic rings.